The van der Waals surface area contributed by atoms with Gasteiger partial charge in [0.15, 0.2) is 11.5 Å². The average Bonchev–Trinajstić information content (AvgIpc) is 2.54. The van der Waals surface area contributed by atoms with Crippen LogP contribution in [-0.2, 0) is 6.61 Å². The Labute approximate surface area is 136 Å². The van der Waals surface area contributed by atoms with Gasteiger partial charge in [0.1, 0.15) is 6.61 Å². The first kappa shape index (κ1) is 18.3. The third-order valence-electron chi connectivity index (χ3n) is 3.27. The zero-order valence-electron chi connectivity index (χ0n) is 12.5. The fraction of sp³-hybridized carbons (Fsp3) is 0.294. The van der Waals surface area contributed by atoms with Gasteiger partial charge >= 0.3 is 0 Å². The molecule has 0 radical (unpaired) electrons. The van der Waals surface area contributed by atoms with Crippen LogP contribution in [0.2, 0.25) is 0 Å². The lowest BCUT2D eigenvalue weighted by atomic mass is 10.0. The van der Waals surface area contributed by atoms with E-state index in [4.69, 9.17) is 15.2 Å². The quantitative estimate of drug-likeness (QED) is 0.835. The minimum absolute atomic E-state index is 0. The van der Waals surface area contributed by atoms with Crippen molar-refractivity contribution >= 4 is 12.4 Å². The van der Waals surface area contributed by atoms with Crippen LogP contribution in [0, 0.1) is 0 Å². The van der Waals surface area contributed by atoms with E-state index in [2.05, 4.69) is 0 Å². The molecular formula is C17H21ClFNO2. The highest BCUT2D eigenvalue weighted by molar-refractivity contribution is 5.85. The van der Waals surface area contributed by atoms with Gasteiger partial charge in [-0.2, -0.15) is 0 Å². The minimum atomic E-state index is -0.437. The summed E-state index contributed by atoms with van der Waals surface area (Å²) in [5.74, 6) is 1.26. The van der Waals surface area contributed by atoms with Gasteiger partial charge in [0.25, 0.3) is 0 Å². The number of halogens is 2. The average molecular weight is 326 g/mol. The Kier molecular flexibility index (Phi) is 7.71. The number of hydrogen-bond acceptors (Lipinski definition) is 3. The van der Waals surface area contributed by atoms with E-state index >= 15 is 0 Å². The molecule has 5 heteroatoms. The van der Waals surface area contributed by atoms with Crippen LogP contribution in [0.5, 0.6) is 11.5 Å². The summed E-state index contributed by atoms with van der Waals surface area (Å²) in [6.07, 6.45) is 0.296. The zero-order valence-corrected chi connectivity index (χ0v) is 13.3. The first-order chi connectivity index (χ1) is 10.2. The molecule has 0 spiro atoms. The summed E-state index contributed by atoms with van der Waals surface area (Å²) in [6, 6.07) is 15.0. The predicted molar refractivity (Wildman–Crippen MR) is 88.5 cm³/mol. The molecule has 0 heterocycles. The van der Waals surface area contributed by atoms with Crippen molar-refractivity contribution in [2.75, 3.05) is 13.8 Å². The molecule has 0 unspecified atom stereocenters. The molecule has 0 bridgehead atoms. The molecule has 0 saturated carbocycles. The largest absolute Gasteiger partial charge is 0.493 e. The Hall–Kier alpha value is -1.78. The van der Waals surface area contributed by atoms with Crippen LogP contribution in [-0.4, -0.2) is 13.8 Å². The maximum Gasteiger partial charge on any atom is 0.161 e. The van der Waals surface area contributed by atoms with Crippen LogP contribution in [0.25, 0.3) is 0 Å². The number of ether oxygens (including phenoxy) is 2. The molecule has 1 atom stereocenters. The van der Waals surface area contributed by atoms with Crippen molar-refractivity contribution in [3.63, 3.8) is 0 Å². The van der Waals surface area contributed by atoms with Crippen LogP contribution in [0.1, 0.15) is 23.6 Å². The van der Waals surface area contributed by atoms with E-state index in [0.717, 1.165) is 11.1 Å². The molecule has 0 saturated heterocycles. The number of nitrogens with two attached hydrogens (primary N) is 1. The lowest BCUT2D eigenvalue weighted by molar-refractivity contribution is 0.284. The molecule has 0 aliphatic carbocycles. The van der Waals surface area contributed by atoms with Crippen LogP contribution < -0.4 is 15.2 Å². The van der Waals surface area contributed by atoms with Crippen molar-refractivity contribution in [2.45, 2.75) is 19.1 Å². The molecule has 0 fully saturated rings. The SMILES string of the molecule is COc1ccc([C@@H](N)CCF)cc1OCc1ccccc1.Cl. The third-order valence-corrected chi connectivity index (χ3v) is 3.27. The van der Waals surface area contributed by atoms with E-state index in [9.17, 15) is 4.39 Å². The number of rotatable bonds is 7. The number of alkyl halides is 1. The second-order valence-corrected chi connectivity index (χ2v) is 4.77. The number of benzene rings is 2. The molecule has 0 aliphatic rings. The summed E-state index contributed by atoms with van der Waals surface area (Å²) in [6.45, 7) is 0.00635. The molecule has 0 amide bonds. The summed E-state index contributed by atoms with van der Waals surface area (Å²) >= 11 is 0. The molecular weight excluding hydrogens is 305 g/mol. The monoisotopic (exact) mass is 325 g/mol. The Balaban J connectivity index is 0.00000242. The van der Waals surface area contributed by atoms with Gasteiger partial charge in [-0.05, 0) is 29.7 Å². The lowest BCUT2D eigenvalue weighted by Crippen LogP contribution is -2.11. The van der Waals surface area contributed by atoms with Crippen molar-refractivity contribution < 1.29 is 13.9 Å². The first-order valence-corrected chi connectivity index (χ1v) is 6.90. The van der Waals surface area contributed by atoms with E-state index in [1.54, 1.807) is 13.2 Å². The molecule has 22 heavy (non-hydrogen) atoms. The van der Waals surface area contributed by atoms with E-state index in [-0.39, 0.29) is 18.4 Å². The molecule has 3 nitrogen and oxygen atoms in total. The van der Waals surface area contributed by atoms with Gasteiger partial charge in [0, 0.05) is 6.04 Å². The third kappa shape index (κ3) is 4.90. The maximum atomic E-state index is 12.4. The fourth-order valence-corrected chi connectivity index (χ4v) is 2.06. The van der Waals surface area contributed by atoms with Crippen molar-refractivity contribution in [2.24, 2.45) is 5.73 Å². The summed E-state index contributed by atoms with van der Waals surface area (Å²) in [7, 11) is 1.59. The van der Waals surface area contributed by atoms with Crippen LogP contribution in [0.15, 0.2) is 48.5 Å². The Bertz CT molecular complexity index is 566. The highest BCUT2D eigenvalue weighted by Crippen LogP contribution is 2.31. The van der Waals surface area contributed by atoms with E-state index < -0.39 is 6.67 Å². The topological polar surface area (TPSA) is 44.5 Å². The van der Waals surface area contributed by atoms with Crippen LogP contribution in [0.3, 0.4) is 0 Å². The Morgan fingerprint density at radius 2 is 1.82 bits per heavy atom. The van der Waals surface area contributed by atoms with Crippen LogP contribution >= 0.6 is 12.4 Å². The first-order valence-electron chi connectivity index (χ1n) is 6.90. The number of methoxy groups -OCH3 is 1. The normalized spacial score (nSPS) is 11.4. The van der Waals surface area contributed by atoms with Crippen molar-refractivity contribution in [1.29, 1.82) is 0 Å². The van der Waals surface area contributed by atoms with Gasteiger partial charge in [-0.25, -0.2) is 0 Å². The van der Waals surface area contributed by atoms with Gasteiger partial charge in [0.05, 0.1) is 13.8 Å². The van der Waals surface area contributed by atoms with Gasteiger partial charge in [-0.3, -0.25) is 4.39 Å². The van der Waals surface area contributed by atoms with Gasteiger partial charge < -0.3 is 15.2 Å². The predicted octanol–water partition coefficient (Wildman–Crippen LogP) is 4.06. The molecule has 2 aromatic carbocycles. The Morgan fingerprint density at radius 1 is 1.09 bits per heavy atom. The van der Waals surface area contributed by atoms with Gasteiger partial charge in [0.2, 0.25) is 0 Å². The highest BCUT2D eigenvalue weighted by atomic mass is 35.5. The fourth-order valence-electron chi connectivity index (χ4n) is 2.06. The Morgan fingerprint density at radius 3 is 2.45 bits per heavy atom. The molecule has 2 rings (SSSR count). The van der Waals surface area contributed by atoms with Crippen molar-refractivity contribution in [3.8, 4) is 11.5 Å². The van der Waals surface area contributed by atoms with Gasteiger partial charge in [-0.15, -0.1) is 12.4 Å². The highest BCUT2D eigenvalue weighted by Gasteiger charge is 2.11. The summed E-state index contributed by atoms with van der Waals surface area (Å²) in [5, 5.41) is 0. The van der Waals surface area contributed by atoms with Crippen molar-refractivity contribution in [3.05, 3.63) is 59.7 Å². The van der Waals surface area contributed by atoms with Crippen molar-refractivity contribution in [1.82, 2.24) is 0 Å². The molecule has 2 N–H and O–H groups in total. The van der Waals surface area contributed by atoms with Gasteiger partial charge in [-0.1, -0.05) is 36.4 Å². The zero-order chi connectivity index (χ0) is 15.1. The maximum absolute atomic E-state index is 12.4. The summed E-state index contributed by atoms with van der Waals surface area (Å²) in [4.78, 5) is 0. The minimum Gasteiger partial charge on any atom is -0.493 e. The van der Waals surface area contributed by atoms with E-state index in [0.29, 0.717) is 24.5 Å². The molecule has 120 valence electrons. The van der Waals surface area contributed by atoms with E-state index in [1.165, 1.54) is 0 Å². The molecule has 0 aromatic heterocycles. The molecule has 0 aliphatic heterocycles. The second kappa shape index (κ2) is 9.28. The molecule has 2 aromatic rings. The number of hydrogen-bond donors (Lipinski definition) is 1. The lowest BCUT2D eigenvalue weighted by Gasteiger charge is -2.15. The smallest absolute Gasteiger partial charge is 0.161 e. The van der Waals surface area contributed by atoms with Crippen LogP contribution in [0.4, 0.5) is 4.39 Å². The van der Waals surface area contributed by atoms with E-state index in [1.807, 2.05) is 42.5 Å². The standard InChI is InChI=1S/C17H20FNO2.ClH/c1-20-16-8-7-14(15(19)9-10-18)11-17(16)21-12-13-5-3-2-4-6-13;/h2-8,11,15H,9-10,12,19H2,1H3;1H/t15-;/m0./s1. The summed E-state index contributed by atoms with van der Waals surface area (Å²) < 4.78 is 23.5. The summed E-state index contributed by atoms with van der Waals surface area (Å²) in [5.41, 5.74) is 7.85. The second-order valence-electron chi connectivity index (χ2n) is 4.77.